The van der Waals surface area contributed by atoms with Gasteiger partial charge in [-0.3, -0.25) is 4.79 Å². The van der Waals surface area contributed by atoms with E-state index in [4.69, 9.17) is 11.6 Å². The number of aliphatic hydroxyl groups excluding tert-OH is 1. The number of halogens is 1. The highest BCUT2D eigenvalue weighted by Gasteiger charge is 2.31. The molecule has 1 N–H and O–H groups in total. The van der Waals surface area contributed by atoms with Gasteiger partial charge in [-0.05, 0) is 25.7 Å². The van der Waals surface area contributed by atoms with Crippen LogP contribution in [-0.4, -0.2) is 45.1 Å². The summed E-state index contributed by atoms with van der Waals surface area (Å²) in [6.45, 7) is 6.62. The number of piperidine rings is 1. The molecular formula is C15H22ClN3O2. The molecular weight excluding hydrogens is 290 g/mol. The summed E-state index contributed by atoms with van der Waals surface area (Å²) < 4.78 is 0. The Balaban J connectivity index is 2.28. The van der Waals surface area contributed by atoms with E-state index in [1.807, 2.05) is 20.8 Å². The van der Waals surface area contributed by atoms with Gasteiger partial charge in [-0.1, -0.05) is 25.4 Å². The lowest BCUT2D eigenvalue weighted by atomic mass is 9.94. The topological polar surface area (TPSA) is 66.3 Å². The van der Waals surface area contributed by atoms with Crippen molar-refractivity contribution in [3.8, 4) is 0 Å². The number of carbonyl (C=O) groups excluding carboxylic acids is 1. The second kappa shape index (κ2) is 6.71. The molecule has 1 aromatic heterocycles. The van der Waals surface area contributed by atoms with Crippen molar-refractivity contribution in [2.24, 2.45) is 5.92 Å². The normalized spacial score (nSPS) is 22.7. The van der Waals surface area contributed by atoms with Gasteiger partial charge < -0.3 is 10.0 Å². The molecule has 1 saturated heterocycles. The van der Waals surface area contributed by atoms with E-state index in [1.54, 1.807) is 4.90 Å². The fourth-order valence-corrected chi connectivity index (χ4v) is 2.73. The third-order valence-electron chi connectivity index (χ3n) is 3.98. The Hall–Kier alpha value is -1.20. The van der Waals surface area contributed by atoms with Crippen LogP contribution >= 0.6 is 11.6 Å². The van der Waals surface area contributed by atoms with Crippen LogP contribution in [0.1, 0.15) is 55.8 Å². The van der Waals surface area contributed by atoms with Crippen molar-refractivity contribution >= 4 is 17.5 Å². The predicted octanol–water partition coefficient (Wildman–Crippen LogP) is 2.49. The van der Waals surface area contributed by atoms with Crippen molar-refractivity contribution in [2.75, 3.05) is 13.2 Å². The minimum absolute atomic E-state index is 0.102. The fraction of sp³-hybridized carbons (Fsp3) is 0.667. The molecule has 0 radical (unpaired) electrons. The van der Waals surface area contributed by atoms with E-state index in [0.717, 1.165) is 12.8 Å². The first-order valence-corrected chi connectivity index (χ1v) is 7.76. The number of hydrogen-bond acceptors (Lipinski definition) is 4. The monoisotopic (exact) mass is 311 g/mol. The Kier molecular flexibility index (Phi) is 5.17. The number of aromatic nitrogens is 2. The van der Waals surface area contributed by atoms with Crippen LogP contribution in [-0.2, 0) is 0 Å². The molecule has 0 aromatic carbocycles. The smallest absolute Gasteiger partial charge is 0.274 e. The van der Waals surface area contributed by atoms with Crippen molar-refractivity contribution in [3.05, 3.63) is 22.7 Å². The van der Waals surface area contributed by atoms with E-state index < -0.39 is 0 Å². The van der Waals surface area contributed by atoms with E-state index in [2.05, 4.69) is 9.97 Å². The second-order valence-corrected chi connectivity index (χ2v) is 6.42. The highest BCUT2D eigenvalue weighted by atomic mass is 35.5. The minimum atomic E-state index is -0.171. The number of rotatable bonds is 3. The van der Waals surface area contributed by atoms with Gasteiger partial charge >= 0.3 is 0 Å². The molecule has 6 heteroatoms. The van der Waals surface area contributed by atoms with Crippen molar-refractivity contribution in [2.45, 2.75) is 45.6 Å². The number of likely N-dealkylation sites (tertiary alicyclic amines) is 1. The predicted molar refractivity (Wildman–Crippen MR) is 81.4 cm³/mol. The first-order valence-electron chi connectivity index (χ1n) is 7.38. The molecule has 0 spiro atoms. The molecule has 2 rings (SSSR count). The van der Waals surface area contributed by atoms with Crippen LogP contribution in [0.4, 0.5) is 0 Å². The molecule has 2 unspecified atom stereocenters. The summed E-state index contributed by atoms with van der Waals surface area (Å²) in [5.41, 5.74) is 0.265. The Morgan fingerprint density at radius 3 is 2.86 bits per heavy atom. The summed E-state index contributed by atoms with van der Waals surface area (Å²) in [6.07, 6.45) is 3.32. The van der Waals surface area contributed by atoms with Crippen LogP contribution in [0.25, 0.3) is 0 Å². The molecule has 1 amide bonds. The molecule has 0 bridgehead atoms. The highest BCUT2D eigenvalue weighted by Crippen LogP contribution is 2.25. The van der Waals surface area contributed by atoms with Gasteiger partial charge in [-0.2, -0.15) is 0 Å². The molecule has 0 aliphatic carbocycles. The van der Waals surface area contributed by atoms with E-state index >= 15 is 0 Å². The van der Waals surface area contributed by atoms with E-state index in [9.17, 15) is 9.90 Å². The average Bonchev–Trinajstić information content (AvgIpc) is 2.47. The summed E-state index contributed by atoms with van der Waals surface area (Å²) in [7, 11) is 0. The van der Waals surface area contributed by atoms with E-state index in [0.29, 0.717) is 12.4 Å². The molecule has 2 atom stereocenters. The Morgan fingerprint density at radius 2 is 2.24 bits per heavy atom. The number of amides is 1. The summed E-state index contributed by atoms with van der Waals surface area (Å²) in [4.78, 5) is 23.0. The molecule has 1 aliphatic rings. The van der Waals surface area contributed by atoms with Crippen molar-refractivity contribution in [3.63, 3.8) is 0 Å². The summed E-state index contributed by atoms with van der Waals surface area (Å²) in [6, 6.07) is 0.133. The SMILES string of the molecule is CC(C)c1ncc(Cl)c(C(=O)N2CC(CO)CCC2C)n1. The summed E-state index contributed by atoms with van der Waals surface area (Å²) >= 11 is 6.11. The van der Waals surface area contributed by atoms with Gasteiger partial charge in [-0.25, -0.2) is 9.97 Å². The summed E-state index contributed by atoms with van der Waals surface area (Å²) in [5, 5.41) is 9.61. The maximum atomic E-state index is 12.7. The molecule has 1 aliphatic heterocycles. The van der Waals surface area contributed by atoms with Crippen molar-refractivity contribution < 1.29 is 9.90 Å². The number of nitrogens with zero attached hydrogens (tertiary/aromatic N) is 3. The highest BCUT2D eigenvalue weighted by molar-refractivity contribution is 6.33. The summed E-state index contributed by atoms with van der Waals surface area (Å²) in [5.74, 6) is 0.717. The van der Waals surface area contributed by atoms with Crippen molar-refractivity contribution in [1.29, 1.82) is 0 Å². The molecule has 1 fully saturated rings. The van der Waals surface area contributed by atoms with Crippen molar-refractivity contribution in [1.82, 2.24) is 14.9 Å². The van der Waals surface area contributed by atoms with Crippen LogP contribution in [0.15, 0.2) is 6.20 Å². The van der Waals surface area contributed by atoms with Crippen LogP contribution in [0, 0.1) is 5.92 Å². The molecule has 2 heterocycles. The third kappa shape index (κ3) is 3.52. The van der Waals surface area contributed by atoms with Gasteiger partial charge in [0.05, 0.1) is 11.2 Å². The largest absolute Gasteiger partial charge is 0.396 e. The van der Waals surface area contributed by atoms with Gasteiger partial charge in [0.2, 0.25) is 0 Å². The number of hydrogen-bond donors (Lipinski definition) is 1. The fourth-order valence-electron chi connectivity index (χ4n) is 2.56. The third-order valence-corrected chi connectivity index (χ3v) is 4.26. The van der Waals surface area contributed by atoms with Gasteiger partial charge in [0.15, 0.2) is 5.69 Å². The molecule has 116 valence electrons. The molecule has 1 aromatic rings. The zero-order chi connectivity index (χ0) is 15.6. The van der Waals surface area contributed by atoms with Crippen LogP contribution in [0.5, 0.6) is 0 Å². The van der Waals surface area contributed by atoms with Crippen LogP contribution in [0.3, 0.4) is 0 Å². The van der Waals surface area contributed by atoms with Gasteiger partial charge in [0, 0.05) is 25.1 Å². The Labute approximate surface area is 130 Å². The van der Waals surface area contributed by atoms with Crippen LogP contribution in [0.2, 0.25) is 5.02 Å². The Bertz CT molecular complexity index is 522. The first-order chi connectivity index (χ1) is 9.93. The van der Waals surface area contributed by atoms with Gasteiger partial charge in [0.1, 0.15) is 5.82 Å². The van der Waals surface area contributed by atoms with E-state index in [-0.39, 0.29) is 41.1 Å². The minimum Gasteiger partial charge on any atom is -0.396 e. The molecule has 0 saturated carbocycles. The lowest BCUT2D eigenvalue weighted by molar-refractivity contribution is 0.0483. The quantitative estimate of drug-likeness (QED) is 0.931. The zero-order valence-electron chi connectivity index (χ0n) is 12.7. The average molecular weight is 312 g/mol. The zero-order valence-corrected chi connectivity index (χ0v) is 13.5. The second-order valence-electron chi connectivity index (χ2n) is 6.01. The maximum Gasteiger partial charge on any atom is 0.274 e. The van der Waals surface area contributed by atoms with Gasteiger partial charge in [0.25, 0.3) is 5.91 Å². The van der Waals surface area contributed by atoms with E-state index in [1.165, 1.54) is 6.20 Å². The maximum absolute atomic E-state index is 12.7. The number of carbonyl (C=O) groups is 1. The standard InChI is InChI=1S/C15H22ClN3O2/c1-9(2)14-17-6-12(16)13(18-14)15(21)19-7-11(8-20)5-4-10(19)3/h6,9-11,20H,4-5,7-8H2,1-3H3. The van der Waals surface area contributed by atoms with Gasteiger partial charge in [-0.15, -0.1) is 0 Å². The lowest BCUT2D eigenvalue weighted by Gasteiger charge is -2.37. The first kappa shape index (κ1) is 16.2. The molecule has 5 nitrogen and oxygen atoms in total. The van der Waals surface area contributed by atoms with Crippen LogP contribution < -0.4 is 0 Å². The molecule has 21 heavy (non-hydrogen) atoms. The Morgan fingerprint density at radius 1 is 1.52 bits per heavy atom. The number of aliphatic hydroxyl groups is 1. The lowest BCUT2D eigenvalue weighted by Crippen LogP contribution is -2.46.